The van der Waals surface area contributed by atoms with E-state index in [0.29, 0.717) is 29.9 Å². The molecule has 2 aromatic heterocycles. The van der Waals surface area contributed by atoms with Gasteiger partial charge in [0.2, 0.25) is 5.95 Å². The molecule has 210 valence electrons. The normalized spacial score (nSPS) is 19.4. The Hall–Kier alpha value is -4.16. The third-order valence-corrected chi connectivity index (χ3v) is 7.13. The van der Waals surface area contributed by atoms with Gasteiger partial charge in [-0.2, -0.15) is 10.1 Å². The summed E-state index contributed by atoms with van der Waals surface area (Å²) in [6.07, 6.45) is 7.70. The minimum absolute atomic E-state index is 0.0231. The van der Waals surface area contributed by atoms with Gasteiger partial charge in [-0.3, -0.25) is 4.79 Å². The zero-order valence-electron chi connectivity index (χ0n) is 22.4. The first kappa shape index (κ1) is 26.1. The molecule has 2 fully saturated rings. The molecule has 0 spiro atoms. The van der Waals surface area contributed by atoms with Gasteiger partial charge in [-0.25, -0.2) is 9.36 Å². The van der Waals surface area contributed by atoms with E-state index in [9.17, 15) is 4.79 Å². The minimum Gasteiger partial charge on any atom is -0.493 e. The predicted molar refractivity (Wildman–Crippen MR) is 147 cm³/mol. The summed E-state index contributed by atoms with van der Waals surface area (Å²) >= 11 is 0. The van der Waals surface area contributed by atoms with Crippen molar-refractivity contribution in [2.45, 2.75) is 51.0 Å². The molecule has 6 rings (SSSR count). The zero-order valence-corrected chi connectivity index (χ0v) is 22.4. The number of amides is 1. The van der Waals surface area contributed by atoms with E-state index in [4.69, 9.17) is 34.8 Å². The Labute approximate surface area is 231 Å². The van der Waals surface area contributed by atoms with E-state index in [2.05, 4.69) is 10.4 Å². The molecule has 0 radical (unpaired) electrons. The maximum atomic E-state index is 11.2. The fraction of sp³-hybridized carbons (Fsp3) is 0.429. The molecule has 40 heavy (non-hydrogen) atoms. The van der Waals surface area contributed by atoms with Gasteiger partial charge in [-0.1, -0.05) is 0 Å². The van der Waals surface area contributed by atoms with Gasteiger partial charge in [0.1, 0.15) is 0 Å². The van der Waals surface area contributed by atoms with E-state index in [1.807, 2.05) is 39.8 Å². The lowest BCUT2D eigenvalue weighted by atomic mass is 10.1. The number of carbonyl (C=O) groups excluding carboxylic acids is 1. The predicted octanol–water partition coefficient (Wildman–Crippen LogP) is 4.31. The zero-order chi connectivity index (χ0) is 27.5. The summed E-state index contributed by atoms with van der Waals surface area (Å²) in [4.78, 5) is 16.0. The van der Waals surface area contributed by atoms with Crippen LogP contribution in [0.1, 0.15) is 51.0 Å². The molecule has 1 amide bonds. The van der Waals surface area contributed by atoms with Crippen molar-refractivity contribution in [1.29, 1.82) is 0 Å². The third-order valence-electron chi connectivity index (χ3n) is 7.13. The molecule has 2 aliphatic heterocycles. The van der Waals surface area contributed by atoms with E-state index in [1.165, 1.54) is 7.11 Å². The van der Waals surface area contributed by atoms with Crippen LogP contribution < -0.4 is 20.5 Å². The summed E-state index contributed by atoms with van der Waals surface area (Å²) in [5.74, 6) is 1.37. The highest BCUT2D eigenvalue weighted by atomic mass is 16.5. The van der Waals surface area contributed by atoms with Crippen LogP contribution in [0.2, 0.25) is 0 Å². The topological polar surface area (TPSA) is 141 Å². The summed E-state index contributed by atoms with van der Waals surface area (Å²) in [6, 6.07) is 11.5. The second-order valence-corrected chi connectivity index (χ2v) is 9.95. The van der Waals surface area contributed by atoms with Gasteiger partial charge in [0.05, 0.1) is 18.8 Å². The van der Waals surface area contributed by atoms with Crippen LogP contribution in [-0.2, 0) is 14.3 Å². The lowest BCUT2D eigenvalue weighted by Crippen LogP contribution is -2.20. The molecule has 0 bridgehead atoms. The Morgan fingerprint density at radius 1 is 1.02 bits per heavy atom. The molecule has 4 aromatic rings. The summed E-state index contributed by atoms with van der Waals surface area (Å²) in [5.41, 5.74) is 7.87. The molecule has 3 N–H and O–H groups in total. The number of methoxy groups -OCH3 is 1. The summed E-state index contributed by atoms with van der Waals surface area (Å²) < 4.78 is 26.8. The van der Waals surface area contributed by atoms with Crippen molar-refractivity contribution in [1.82, 2.24) is 24.5 Å². The smallest absolute Gasteiger partial charge is 0.255 e. The molecule has 2 aliphatic rings. The largest absolute Gasteiger partial charge is 0.493 e. The molecule has 12 nitrogen and oxygen atoms in total. The summed E-state index contributed by atoms with van der Waals surface area (Å²) in [6.45, 7) is 1.19. The van der Waals surface area contributed by atoms with Crippen molar-refractivity contribution in [3.63, 3.8) is 0 Å². The highest BCUT2D eigenvalue weighted by Crippen LogP contribution is 2.35. The molecule has 0 aliphatic carbocycles. The Balaban J connectivity index is 1.30. The monoisotopic (exact) mass is 547 g/mol. The highest BCUT2D eigenvalue weighted by Gasteiger charge is 2.24. The second-order valence-electron chi connectivity index (χ2n) is 9.95. The van der Waals surface area contributed by atoms with Crippen molar-refractivity contribution < 1.29 is 23.7 Å². The molecule has 2 unspecified atom stereocenters. The van der Waals surface area contributed by atoms with Crippen molar-refractivity contribution in [3.8, 4) is 22.9 Å². The van der Waals surface area contributed by atoms with Gasteiger partial charge in [-0.15, -0.1) is 5.10 Å². The van der Waals surface area contributed by atoms with Gasteiger partial charge >= 0.3 is 0 Å². The van der Waals surface area contributed by atoms with E-state index in [0.717, 1.165) is 67.3 Å². The second kappa shape index (κ2) is 11.5. The van der Waals surface area contributed by atoms with Crippen molar-refractivity contribution >= 4 is 28.4 Å². The van der Waals surface area contributed by atoms with Crippen LogP contribution >= 0.6 is 0 Å². The van der Waals surface area contributed by atoms with Gasteiger partial charge in [0.15, 0.2) is 36.4 Å². The van der Waals surface area contributed by atoms with Crippen LogP contribution in [0.4, 0.5) is 11.6 Å². The number of benzene rings is 2. The van der Waals surface area contributed by atoms with Crippen molar-refractivity contribution in [2.75, 3.05) is 32.2 Å². The Morgan fingerprint density at radius 2 is 1.80 bits per heavy atom. The molecular formula is C28H33N7O5. The average Bonchev–Trinajstić information content (AvgIpc) is 3.61. The van der Waals surface area contributed by atoms with Gasteiger partial charge in [-0.05, 0) is 74.9 Å². The number of primary amides is 1. The maximum Gasteiger partial charge on any atom is 0.255 e. The number of nitrogens with zero attached hydrogens (tertiary/aromatic N) is 5. The number of anilines is 2. The Morgan fingerprint density at radius 3 is 2.50 bits per heavy atom. The lowest BCUT2D eigenvalue weighted by Gasteiger charge is -2.23. The molecule has 4 heterocycles. The van der Waals surface area contributed by atoms with Crippen LogP contribution in [-0.4, -0.2) is 57.4 Å². The molecule has 2 saturated heterocycles. The van der Waals surface area contributed by atoms with E-state index >= 15 is 0 Å². The van der Waals surface area contributed by atoms with Gasteiger partial charge < -0.3 is 30.0 Å². The number of hydrogen-bond donors (Lipinski definition) is 2. The van der Waals surface area contributed by atoms with Crippen LogP contribution in [0, 0.1) is 0 Å². The Bertz CT molecular complexity index is 1490. The third kappa shape index (κ3) is 5.45. The number of nitrogens with one attached hydrogen (secondary N) is 1. The van der Waals surface area contributed by atoms with Crippen molar-refractivity contribution in [2.24, 2.45) is 5.73 Å². The van der Waals surface area contributed by atoms with Crippen LogP contribution in [0.5, 0.6) is 11.5 Å². The Kier molecular flexibility index (Phi) is 7.51. The number of carbonyl (C=O) groups is 1. The number of rotatable bonds is 9. The molecule has 2 atom stereocenters. The SMILES string of the molecule is COc1cc(-c2nc(Nc3ccc4c(cnn4C4CCCCO4)c3)nn2C2CCCCO2)ccc1OCC(N)=O. The first-order chi connectivity index (χ1) is 19.6. The van der Waals surface area contributed by atoms with E-state index in [1.54, 1.807) is 12.1 Å². The first-order valence-electron chi connectivity index (χ1n) is 13.6. The van der Waals surface area contributed by atoms with Gasteiger partial charge in [0.25, 0.3) is 5.91 Å². The number of hydrogen-bond acceptors (Lipinski definition) is 9. The average molecular weight is 548 g/mol. The quantitative estimate of drug-likeness (QED) is 0.314. The lowest BCUT2D eigenvalue weighted by molar-refractivity contribution is -0.119. The molecule has 2 aromatic carbocycles. The van der Waals surface area contributed by atoms with Crippen LogP contribution in [0.25, 0.3) is 22.3 Å². The number of ether oxygens (including phenoxy) is 4. The fourth-order valence-electron chi connectivity index (χ4n) is 5.17. The van der Waals surface area contributed by atoms with Crippen molar-refractivity contribution in [3.05, 3.63) is 42.6 Å². The summed E-state index contributed by atoms with van der Waals surface area (Å²) in [7, 11) is 1.54. The number of nitrogens with two attached hydrogens (primary N) is 1. The van der Waals surface area contributed by atoms with Crippen LogP contribution in [0.15, 0.2) is 42.6 Å². The molecule has 0 saturated carbocycles. The summed E-state index contributed by atoms with van der Waals surface area (Å²) in [5, 5.41) is 13.8. The van der Waals surface area contributed by atoms with E-state index < -0.39 is 5.91 Å². The van der Waals surface area contributed by atoms with Gasteiger partial charge in [0, 0.05) is 29.9 Å². The highest BCUT2D eigenvalue weighted by molar-refractivity contribution is 5.83. The molecule has 12 heteroatoms. The first-order valence-corrected chi connectivity index (χ1v) is 13.6. The van der Waals surface area contributed by atoms with E-state index in [-0.39, 0.29) is 19.1 Å². The number of fused-ring (bicyclic) bond motifs is 1. The maximum absolute atomic E-state index is 11.2. The van der Waals surface area contributed by atoms with Crippen LogP contribution in [0.3, 0.4) is 0 Å². The fourth-order valence-corrected chi connectivity index (χ4v) is 5.17. The molecular weight excluding hydrogens is 514 g/mol. The standard InChI is InChI=1S/C28H33N7O5/c1-37-23-15-18(8-11-22(23)40-17-24(29)36)27-32-28(33-35(27)26-7-3-5-13-39-26)31-20-9-10-21-19(14-20)16-30-34(21)25-6-2-4-12-38-25/h8-11,14-16,25-26H,2-7,12-13,17H2,1H3,(H2,29,36)(H,31,33). The minimum atomic E-state index is -0.566. The number of aromatic nitrogens is 5.